The lowest BCUT2D eigenvalue weighted by Gasteiger charge is -2.22. The van der Waals surface area contributed by atoms with Crippen LogP contribution in [0.15, 0.2) is 12.2 Å². The Kier molecular flexibility index (Phi) is 4.93. The van der Waals surface area contributed by atoms with Gasteiger partial charge in [0.05, 0.1) is 6.04 Å². The van der Waals surface area contributed by atoms with Crippen LogP contribution in [0.4, 0.5) is 4.79 Å². The Bertz CT molecular complexity index is 333. The number of carbonyl (C=O) groups excluding carboxylic acids is 2. The Hall–Kier alpha value is -1.32. The molecular formula is C14H23NO3. The van der Waals surface area contributed by atoms with Gasteiger partial charge in [-0.2, -0.15) is 0 Å². The molecule has 0 aromatic carbocycles. The fraction of sp³-hybridized carbons (Fsp3) is 0.714. The van der Waals surface area contributed by atoms with Crippen molar-refractivity contribution in [2.24, 2.45) is 5.92 Å². The molecule has 0 aromatic heterocycles. The molecule has 1 atom stereocenters. The van der Waals surface area contributed by atoms with Crippen LogP contribution < -0.4 is 5.32 Å². The summed E-state index contributed by atoms with van der Waals surface area (Å²) in [7, 11) is 0. The zero-order chi connectivity index (χ0) is 13.8. The van der Waals surface area contributed by atoms with E-state index in [1.807, 2.05) is 0 Å². The number of ketones is 1. The van der Waals surface area contributed by atoms with E-state index in [1.54, 1.807) is 27.7 Å². The fourth-order valence-corrected chi connectivity index (χ4v) is 1.87. The highest BCUT2D eigenvalue weighted by molar-refractivity contribution is 5.87. The highest BCUT2D eigenvalue weighted by atomic mass is 16.6. The van der Waals surface area contributed by atoms with Crippen molar-refractivity contribution < 1.29 is 14.3 Å². The molecule has 0 saturated heterocycles. The van der Waals surface area contributed by atoms with Crippen molar-refractivity contribution in [2.75, 3.05) is 0 Å². The summed E-state index contributed by atoms with van der Waals surface area (Å²) in [5, 5.41) is 2.58. The van der Waals surface area contributed by atoms with Crippen LogP contribution in [0.3, 0.4) is 0 Å². The molecule has 0 saturated carbocycles. The largest absolute Gasteiger partial charge is 0.444 e. The van der Waals surface area contributed by atoms with E-state index in [0.717, 1.165) is 12.8 Å². The smallest absolute Gasteiger partial charge is 0.408 e. The molecule has 0 bridgehead atoms. The highest BCUT2D eigenvalue weighted by Crippen LogP contribution is 2.22. The summed E-state index contributed by atoms with van der Waals surface area (Å²) in [6.07, 6.45) is 6.11. The number of alkyl carbamates (subject to hydrolysis) is 1. The van der Waals surface area contributed by atoms with Crippen LogP contribution in [0.1, 0.15) is 47.0 Å². The number of carbonyl (C=O) groups is 2. The summed E-state index contributed by atoms with van der Waals surface area (Å²) in [6, 6.07) is -0.486. The van der Waals surface area contributed by atoms with Crippen LogP contribution in [-0.4, -0.2) is 23.5 Å². The van der Waals surface area contributed by atoms with E-state index < -0.39 is 17.7 Å². The van der Waals surface area contributed by atoms with Crippen molar-refractivity contribution in [3.63, 3.8) is 0 Å². The third kappa shape index (κ3) is 5.34. The first-order valence-corrected chi connectivity index (χ1v) is 6.45. The molecule has 1 aliphatic rings. The molecule has 18 heavy (non-hydrogen) atoms. The summed E-state index contributed by atoms with van der Waals surface area (Å²) in [4.78, 5) is 23.4. The number of allylic oxidation sites excluding steroid dienone is 2. The van der Waals surface area contributed by atoms with E-state index >= 15 is 0 Å². The molecule has 1 rings (SSSR count). The van der Waals surface area contributed by atoms with Crippen molar-refractivity contribution in [2.45, 2.75) is 58.6 Å². The minimum absolute atomic E-state index is 0.0644. The van der Waals surface area contributed by atoms with Gasteiger partial charge in [0, 0.05) is 6.42 Å². The van der Waals surface area contributed by atoms with E-state index in [-0.39, 0.29) is 5.78 Å². The first-order valence-electron chi connectivity index (χ1n) is 6.45. The van der Waals surface area contributed by atoms with Crippen LogP contribution in [-0.2, 0) is 9.53 Å². The van der Waals surface area contributed by atoms with Crippen LogP contribution >= 0.6 is 0 Å². The standard InChI is InChI=1S/C14H23NO3/c1-10(15-13(17)18-14(2,3)4)12(16)9-11-7-5-6-8-11/h5-6,10-11H,7-9H2,1-4H3,(H,15,17)/t10-/m1/s1. The lowest BCUT2D eigenvalue weighted by atomic mass is 9.97. The Morgan fingerprint density at radius 2 is 1.89 bits per heavy atom. The van der Waals surface area contributed by atoms with Gasteiger partial charge in [-0.3, -0.25) is 4.79 Å². The number of ether oxygens (including phenoxy) is 1. The molecule has 0 spiro atoms. The topological polar surface area (TPSA) is 55.4 Å². The van der Waals surface area contributed by atoms with Gasteiger partial charge in [-0.05, 0) is 46.5 Å². The SMILES string of the molecule is C[C@@H](NC(=O)OC(C)(C)C)C(=O)CC1CC=CC1. The summed E-state index contributed by atoms with van der Waals surface area (Å²) >= 11 is 0. The molecule has 0 heterocycles. The molecule has 0 aliphatic heterocycles. The lowest BCUT2D eigenvalue weighted by Crippen LogP contribution is -2.42. The van der Waals surface area contributed by atoms with Gasteiger partial charge in [-0.25, -0.2) is 4.79 Å². The van der Waals surface area contributed by atoms with Gasteiger partial charge in [0.15, 0.2) is 5.78 Å². The normalized spacial score (nSPS) is 17.6. The predicted octanol–water partition coefficient (Wildman–Crippen LogP) is 2.83. The fourth-order valence-electron chi connectivity index (χ4n) is 1.87. The maximum Gasteiger partial charge on any atom is 0.408 e. The van der Waals surface area contributed by atoms with Crippen LogP contribution in [0, 0.1) is 5.92 Å². The van der Waals surface area contributed by atoms with Gasteiger partial charge in [-0.1, -0.05) is 12.2 Å². The predicted molar refractivity (Wildman–Crippen MR) is 70.3 cm³/mol. The van der Waals surface area contributed by atoms with Crippen LogP contribution in [0.5, 0.6) is 0 Å². The van der Waals surface area contributed by atoms with Crippen molar-refractivity contribution in [1.82, 2.24) is 5.32 Å². The first-order chi connectivity index (χ1) is 8.28. The summed E-state index contributed by atoms with van der Waals surface area (Å²) in [5.41, 5.74) is -0.539. The van der Waals surface area contributed by atoms with Crippen LogP contribution in [0.2, 0.25) is 0 Å². The third-order valence-corrected chi connectivity index (χ3v) is 2.81. The molecule has 1 amide bonds. The summed E-state index contributed by atoms with van der Waals surface area (Å²) in [6.45, 7) is 7.09. The Balaban J connectivity index is 2.32. The van der Waals surface area contributed by atoms with E-state index in [2.05, 4.69) is 17.5 Å². The second kappa shape index (κ2) is 6.03. The van der Waals surface area contributed by atoms with Crippen LogP contribution in [0.25, 0.3) is 0 Å². The average molecular weight is 253 g/mol. The lowest BCUT2D eigenvalue weighted by molar-refractivity contribution is -0.121. The zero-order valence-electron chi connectivity index (χ0n) is 11.7. The monoisotopic (exact) mass is 253 g/mol. The van der Waals surface area contributed by atoms with Crippen molar-refractivity contribution in [3.05, 3.63) is 12.2 Å². The van der Waals surface area contributed by atoms with Crippen molar-refractivity contribution in [1.29, 1.82) is 0 Å². The highest BCUT2D eigenvalue weighted by Gasteiger charge is 2.23. The Morgan fingerprint density at radius 3 is 2.39 bits per heavy atom. The van der Waals surface area contributed by atoms with Gasteiger partial charge >= 0.3 is 6.09 Å². The maximum absolute atomic E-state index is 11.9. The van der Waals surface area contributed by atoms with E-state index in [0.29, 0.717) is 12.3 Å². The molecule has 4 heteroatoms. The van der Waals surface area contributed by atoms with E-state index in [4.69, 9.17) is 4.74 Å². The van der Waals surface area contributed by atoms with E-state index in [1.165, 1.54) is 0 Å². The molecular weight excluding hydrogens is 230 g/mol. The number of hydrogen-bond donors (Lipinski definition) is 1. The molecule has 0 aromatic rings. The minimum Gasteiger partial charge on any atom is -0.444 e. The Labute approximate surface area is 109 Å². The summed E-state index contributed by atoms with van der Waals surface area (Å²) < 4.78 is 5.11. The van der Waals surface area contributed by atoms with Crippen molar-refractivity contribution >= 4 is 11.9 Å². The van der Waals surface area contributed by atoms with Gasteiger partial charge < -0.3 is 10.1 Å². The second-order valence-corrected chi connectivity index (χ2v) is 5.85. The molecule has 1 N–H and O–H groups in total. The molecule has 102 valence electrons. The number of amides is 1. The molecule has 1 aliphatic carbocycles. The minimum atomic E-state index is -0.539. The van der Waals surface area contributed by atoms with Gasteiger partial charge in [0.25, 0.3) is 0 Å². The quantitative estimate of drug-likeness (QED) is 0.784. The Morgan fingerprint density at radius 1 is 1.33 bits per heavy atom. The molecule has 0 unspecified atom stereocenters. The number of nitrogens with one attached hydrogen (secondary N) is 1. The van der Waals surface area contributed by atoms with Crippen molar-refractivity contribution in [3.8, 4) is 0 Å². The van der Waals surface area contributed by atoms with Gasteiger partial charge in [0.1, 0.15) is 5.60 Å². The third-order valence-electron chi connectivity index (χ3n) is 2.81. The zero-order valence-corrected chi connectivity index (χ0v) is 11.7. The number of Topliss-reactive ketones (excluding diaryl/α,β-unsaturated/α-hetero) is 1. The number of hydrogen-bond acceptors (Lipinski definition) is 3. The molecule has 4 nitrogen and oxygen atoms in total. The van der Waals surface area contributed by atoms with E-state index in [9.17, 15) is 9.59 Å². The number of rotatable bonds is 4. The maximum atomic E-state index is 11.9. The average Bonchev–Trinajstić information content (AvgIpc) is 2.66. The van der Waals surface area contributed by atoms with Gasteiger partial charge in [0.2, 0.25) is 0 Å². The second-order valence-electron chi connectivity index (χ2n) is 5.85. The van der Waals surface area contributed by atoms with Gasteiger partial charge in [-0.15, -0.1) is 0 Å². The molecule has 0 fully saturated rings. The summed E-state index contributed by atoms with van der Waals surface area (Å²) in [5.74, 6) is 0.468. The molecule has 0 radical (unpaired) electrons. The first kappa shape index (κ1) is 14.7.